The van der Waals surface area contributed by atoms with Crippen LogP contribution in [0.5, 0.6) is 5.06 Å². The molecule has 6 heteroatoms. The Bertz CT molecular complexity index is 509. The second-order valence-corrected chi connectivity index (χ2v) is 3.72. The summed E-state index contributed by atoms with van der Waals surface area (Å²) in [5.74, 6) is 0. The second kappa shape index (κ2) is 3.74. The smallest absolute Gasteiger partial charge is 0.437 e. The monoisotopic (exact) mass is 224 g/mol. The summed E-state index contributed by atoms with van der Waals surface area (Å²) >= 11 is 1.26. The molecule has 78 valence electrons. The van der Waals surface area contributed by atoms with Gasteiger partial charge in [-0.2, -0.15) is 0 Å². The number of nitrogens with zero attached hydrogens (tertiary/aromatic N) is 1. The SMILES string of the molecule is COC(=O)Oc1sc2cccnc2c1N. The Hall–Kier alpha value is -1.82. The molecule has 0 aliphatic heterocycles. The van der Waals surface area contributed by atoms with Crippen molar-refractivity contribution in [3.8, 4) is 5.06 Å². The van der Waals surface area contributed by atoms with Gasteiger partial charge in [0.2, 0.25) is 5.06 Å². The van der Waals surface area contributed by atoms with Crippen molar-refractivity contribution in [3.05, 3.63) is 18.3 Å². The van der Waals surface area contributed by atoms with Gasteiger partial charge in [0.05, 0.1) is 11.8 Å². The first-order valence-electron chi connectivity index (χ1n) is 4.11. The topological polar surface area (TPSA) is 74.4 Å². The zero-order valence-electron chi connectivity index (χ0n) is 7.89. The van der Waals surface area contributed by atoms with Gasteiger partial charge in [-0.1, -0.05) is 11.3 Å². The number of thiophene rings is 1. The first-order chi connectivity index (χ1) is 7.22. The zero-order valence-corrected chi connectivity index (χ0v) is 8.71. The van der Waals surface area contributed by atoms with Crippen molar-refractivity contribution < 1.29 is 14.3 Å². The number of hydrogen-bond donors (Lipinski definition) is 1. The Balaban J connectivity index is 2.44. The number of nitrogens with two attached hydrogens (primary N) is 1. The highest BCUT2D eigenvalue weighted by Crippen LogP contribution is 2.38. The predicted octanol–water partition coefficient (Wildman–Crippen LogP) is 2.02. The molecule has 15 heavy (non-hydrogen) atoms. The molecule has 5 nitrogen and oxygen atoms in total. The Labute approximate surface area is 89.4 Å². The molecule has 0 amide bonds. The van der Waals surface area contributed by atoms with Crippen LogP contribution < -0.4 is 10.5 Å². The first kappa shape index (κ1) is 9.72. The third-order valence-electron chi connectivity index (χ3n) is 1.79. The van der Waals surface area contributed by atoms with Crippen LogP contribution in [-0.4, -0.2) is 18.2 Å². The molecule has 0 bridgehead atoms. The number of carbonyl (C=O) groups excluding carboxylic acids is 1. The second-order valence-electron chi connectivity index (χ2n) is 2.71. The molecule has 0 atom stereocenters. The van der Waals surface area contributed by atoms with Crippen LogP contribution in [-0.2, 0) is 4.74 Å². The fourth-order valence-corrected chi connectivity index (χ4v) is 2.04. The molecule has 0 aromatic carbocycles. The summed E-state index contributed by atoms with van der Waals surface area (Å²) in [6, 6.07) is 3.65. The Morgan fingerprint density at radius 1 is 1.60 bits per heavy atom. The van der Waals surface area contributed by atoms with Gasteiger partial charge >= 0.3 is 6.16 Å². The summed E-state index contributed by atoms with van der Waals surface area (Å²) in [6.45, 7) is 0. The van der Waals surface area contributed by atoms with E-state index in [2.05, 4.69) is 9.72 Å². The molecule has 0 aliphatic carbocycles. The van der Waals surface area contributed by atoms with E-state index in [1.54, 1.807) is 12.3 Å². The molecule has 0 saturated heterocycles. The van der Waals surface area contributed by atoms with E-state index in [-0.39, 0.29) is 0 Å². The van der Waals surface area contributed by atoms with Gasteiger partial charge in [-0.25, -0.2) is 4.79 Å². The molecule has 0 radical (unpaired) electrons. The van der Waals surface area contributed by atoms with E-state index in [0.29, 0.717) is 16.3 Å². The minimum Gasteiger partial charge on any atom is -0.437 e. The number of pyridine rings is 1. The Morgan fingerprint density at radius 2 is 2.40 bits per heavy atom. The van der Waals surface area contributed by atoms with Crippen LogP contribution in [0.1, 0.15) is 0 Å². The van der Waals surface area contributed by atoms with Crippen LogP contribution in [0.3, 0.4) is 0 Å². The van der Waals surface area contributed by atoms with E-state index in [1.165, 1.54) is 18.4 Å². The number of nitrogen functional groups attached to an aromatic ring is 1. The molecule has 0 aliphatic rings. The molecule has 2 aromatic rings. The van der Waals surface area contributed by atoms with E-state index < -0.39 is 6.16 Å². The molecule has 0 saturated carbocycles. The van der Waals surface area contributed by atoms with Crippen molar-refractivity contribution in [2.24, 2.45) is 0 Å². The van der Waals surface area contributed by atoms with E-state index in [1.807, 2.05) is 6.07 Å². The summed E-state index contributed by atoms with van der Waals surface area (Å²) in [7, 11) is 1.24. The van der Waals surface area contributed by atoms with Crippen molar-refractivity contribution in [1.29, 1.82) is 0 Å². The third-order valence-corrected chi connectivity index (χ3v) is 2.83. The van der Waals surface area contributed by atoms with Crippen molar-refractivity contribution in [2.45, 2.75) is 0 Å². The Kier molecular flexibility index (Phi) is 2.42. The van der Waals surface area contributed by atoms with Crippen LogP contribution in [0.15, 0.2) is 18.3 Å². The van der Waals surface area contributed by atoms with Crippen LogP contribution in [0.4, 0.5) is 10.5 Å². The van der Waals surface area contributed by atoms with Crippen molar-refractivity contribution in [3.63, 3.8) is 0 Å². The van der Waals surface area contributed by atoms with E-state index in [9.17, 15) is 4.79 Å². The standard InChI is InChI=1S/C9H8N2O3S/c1-13-9(12)14-8-6(10)7-5(15-8)3-2-4-11-7/h2-4H,10H2,1H3. The summed E-state index contributed by atoms with van der Waals surface area (Å²) in [6.07, 6.45) is 0.848. The van der Waals surface area contributed by atoms with E-state index >= 15 is 0 Å². The summed E-state index contributed by atoms with van der Waals surface area (Å²) < 4.78 is 10.1. The molecular weight excluding hydrogens is 216 g/mol. The number of rotatable bonds is 1. The fraction of sp³-hybridized carbons (Fsp3) is 0.111. The lowest BCUT2D eigenvalue weighted by atomic mass is 10.4. The molecule has 2 aromatic heterocycles. The zero-order chi connectivity index (χ0) is 10.8. The van der Waals surface area contributed by atoms with E-state index in [0.717, 1.165) is 4.70 Å². The molecule has 2 N–H and O–H groups in total. The highest BCUT2D eigenvalue weighted by molar-refractivity contribution is 7.21. The number of anilines is 1. The number of hydrogen-bond acceptors (Lipinski definition) is 6. The van der Waals surface area contributed by atoms with E-state index in [4.69, 9.17) is 10.5 Å². The number of methoxy groups -OCH3 is 1. The third kappa shape index (κ3) is 1.71. The largest absolute Gasteiger partial charge is 0.514 e. The van der Waals surface area contributed by atoms with Crippen LogP contribution >= 0.6 is 11.3 Å². The van der Waals surface area contributed by atoms with Crippen molar-refractivity contribution >= 4 is 33.4 Å². The van der Waals surface area contributed by atoms with Crippen LogP contribution in [0.25, 0.3) is 10.2 Å². The molecule has 0 fully saturated rings. The van der Waals surface area contributed by atoms with Crippen LogP contribution in [0.2, 0.25) is 0 Å². The van der Waals surface area contributed by atoms with Crippen LogP contribution in [0, 0.1) is 0 Å². The normalized spacial score (nSPS) is 10.2. The molecule has 2 heterocycles. The number of carbonyl (C=O) groups is 1. The minimum absolute atomic E-state index is 0.315. The average molecular weight is 224 g/mol. The summed E-state index contributed by atoms with van der Waals surface area (Å²) in [4.78, 5) is 15.0. The quantitative estimate of drug-likeness (QED) is 0.750. The predicted molar refractivity (Wildman–Crippen MR) is 57.1 cm³/mol. The van der Waals surface area contributed by atoms with Gasteiger partial charge in [0.1, 0.15) is 11.2 Å². The summed E-state index contributed by atoms with van der Waals surface area (Å²) in [5, 5.41) is 0.315. The first-order valence-corrected chi connectivity index (χ1v) is 4.93. The Morgan fingerprint density at radius 3 is 3.07 bits per heavy atom. The van der Waals surface area contributed by atoms with Gasteiger partial charge < -0.3 is 15.2 Å². The van der Waals surface area contributed by atoms with Gasteiger partial charge in [0.25, 0.3) is 0 Å². The van der Waals surface area contributed by atoms with Crippen molar-refractivity contribution in [1.82, 2.24) is 4.98 Å². The number of ether oxygens (including phenoxy) is 2. The number of aromatic nitrogens is 1. The van der Waals surface area contributed by atoms with Gasteiger partial charge in [0, 0.05) is 6.20 Å². The molecule has 2 rings (SSSR count). The lowest BCUT2D eigenvalue weighted by Gasteiger charge is -1.98. The average Bonchev–Trinajstić information content (AvgIpc) is 2.57. The minimum atomic E-state index is -0.784. The van der Waals surface area contributed by atoms with Gasteiger partial charge in [-0.05, 0) is 12.1 Å². The lowest BCUT2D eigenvalue weighted by molar-refractivity contribution is 0.123. The van der Waals surface area contributed by atoms with Gasteiger partial charge in [-0.15, -0.1) is 0 Å². The molecule has 0 spiro atoms. The van der Waals surface area contributed by atoms with Gasteiger partial charge in [-0.3, -0.25) is 4.98 Å². The molecular formula is C9H8N2O3S. The van der Waals surface area contributed by atoms with Gasteiger partial charge in [0.15, 0.2) is 0 Å². The highest BCUT2D eigenvalue weighted by Gasteiger charge is 2.14. The highest BCUT2D eigenvalue weighted by atomic mass is 32.1. The maximum Gasteiger partial charge on any atom is 0.514 e. The molecule has 0 unspecified atom stereocenters. The number of fused-ring (bicyclic) bond motifs is 1. The maximum absolute atomic E-state index is 10.9. The van der Waals surface area contributed by atoms with Crippen molar-refractivity contribution in [2.75, 3.05) is 12.8 Å². The maximum atomic E-state index is 10.9. The summed E-state index contributed by atoms with van der Waals surface area (Å²) in [5.41, 5.74) is 6.76. The lowest BCUT2D eigenvalue weighted by Crippen LogP contribution is -2.07. The fourth-order valence-electron chi connectivity index (χ4n) is 1.12.